The SMILES string of the molecule is CC(=O)OC[C@H]1OC(Oc2ccc(C(=O)NCCOCCNC(=O)OC(C)(C)C)cc2OS(=O)(=O)Oc2ccc(C=O)cc2)[C@H](OC(C)=O)[C@@H](OC(C)=O)[C@H]1OC(C)=O. The number of benzene rings is 2. The fourth-order valence-electron chi connectivity index (χ4n) is 5.05. The van der Waals surface area contributed by atoms with E-state index in [4.69, 9.17) is 46.3 Å². The molecule has 1 unspecified atom stereocenters. The van der Waals surface area contributed by atoms with Crippen LogP contribution < -0.4 is 23.7 Å². The fourth-order valence-corrected chi connectivity index (χ4v) is 5.78. The summed E-state index contributed by atoms with van der Waals surface area (Å²) in [7, 11) is -5.04. The normalized spacial score (nSPS) is 18.9. The van der Waals surface area contributed by atoms with E-state index in [-0.39, 0.29) is 43.2 Å². The minimum Gasteiger partial charge on any atom is -0.463 e. The zero-order valence-electron chi connectivity index (χ0n) is 33.2. The maximum absolute atomic E-state index is 13.2. The summed E-state index contributed by atoms with van der Waals surface area (Å²) in [5.41, 5.74) is -0.620. The molecule has 0 spiro atoms. The summed E-state index contributed by atoms with van der Waals surface area (Å²) < 4.78 is 80.5. The minimum atomic E-state index is -5.04. The van der Waals surface area contributed by atoms with Crippen molar-refractivity contribution in [2.24, 2.45) is 0 Å². The van der Waals surface area contributed by atoms with Crippen LogP contribution in [0.2, 0.25) is 0 Å². The van der Waals surface area contributed by atoms with Gasteiger partial charge in [0.2, 0.25) is 12.4 Å². The van der Waals surface area contributed by atoms with Gasteiger partial charge >= 0.3 is 40.4 Å². The lowest BCUT2D eigenvalue weighted by atomic mass is 9.98. The monoisotopic (exact) mass is 854 g/mol. The van der Waals surface area contributed by atoms with E-state index in [1.807, 2.05) is 0 Å². The van der Waals surface area contributed by atoms with E-state index in [9.17, 15) is 42.0 Å². The Bertz CT molecular complexity index is 1930. The van der Waals surface area contributed by atoms with Crippen LogP contribution in [0.15, 0.2) is 42.5 Å². The van der Waals surface area contributed by atoms with Gasteiger partial charge in [0.1, 0.15) is 30.3 Å². The Morgan fingerprint density at radius 1 is 0.746 bits per heavy atom. The first-order valence-electron chi connectivity index (χ1n) is 17.8. The van der Waals surface area contributed by atoms with Crippen LogP contribution in [0.25, 0.3) is 0 Å². The molecule has 2 N–H and O–H groups in total. The molecule has 1 aliphatic heterocycles. The van der Waals surface area contributed by atoms with Crippen molar-refractivity contribution in [3.63, 3.8) is 0 Å². The molecule has 1 fully saturated rings. The average molecular weight is 855 g/mol. The largest absolute Gasteiger partial charge is 0.501 e. The molecule has 0 aromatic heterocycles. The standard InChI is InChI=1S/C37H46N2O19S/c1-21(41)50-20-30-31(51-22(2)42)32(52-23(3)43)33(53-24(4)44)35(55-30)54-28-13-10-26(34(45)38-14-16-49-17-15-39-36(46)56-37(5,6)7)18-29(28)58-59(47,48)57-27-11-8-25(19-40)9-12-27/h8-13,18-19,30-33,35H,14-17,20H2,1-7H3,(H,38,45)(H,39,46)/t30-,31+,32+,33-,35?/m1/s1. The highest BCUT2D eigenvalue weighted by atomic mass is 32.3. The Morgan fingerprint density at radius 2 is 1.34 bits per heavy atom. The van der Waals surface area contributed by atoms with Gasteiger partial charge in [-0.25, -0.2) is 4.79 Å². The number of carbonyl (C=O) groups excluding carboxylic acids is 7. The van der Waals surface area contributed by atoms with Crippen molar-refractivity contribution in [2.75, 3.05) is 32.9 Å². The van der Waals surface area contributed by atoms with E-state index < -0.39 is 101 Å². The van der Waals surface area contributed by atoms with Gasteiger partial charge in [0.05, 0.1) is 13.2 Å². The molecule has 2 aromatic rings. The van der Waals surface area contributed by atoms with E-state index in [1.165, 1.54) is 30.3 Å². The predicted octanol–water partition coefficient (Wildman–Crippen LogP) is 1.93. The van der Waals surface area contributed by atoms with Crippen LogP contribution in [-0.2, 0) is 62.7 Å². The number of carbonyl (C=O) groups is 7. The van der Waals surface area contributed by atoms with Gasteiger partial charge < -0.3 is 56.9 Å². The Kier molecular flexibility index (Phi) is 17.4. The topological polar surface area (TPSA) is 270 Å². The smallest absolute Gasteiger partial charge is 0.463 e. The van der Waals surface area contributed by atoms with Crippen LogP contribution >= 0.6 is 0 Å². The van der Waals surface area contributed by atoms with Gasteiger partial charge in [0, 0.05) is 51.9 Å². The summed E-state index contributed by atoms with van der Waals surface area (Å²) >= 11 is 0. The highest BCUT2D eigenvalue weighted by Crippen LogP contribution is 2.36. The number of esters is 4. The van der Waals surface area contributed by atoms with Crippen LogP contribution in [0.5, 0.6) is 17.2 Å². The van der Waals surface area contributed by atoms with Crippen molar-refractivity contribution in [3.05, 3.63) is 53.6 Å². The molecule has 1 saturated heterocycles. The third kappa shape index (κ3) is 16.4. The van der Waals surface area contributed by atoms with Crippen LogP contribution in [0.3, 0.4) is 0 Å². The molecule has 1 aliphatic rings. The lowest BCUT2D eigenvalue weighted by Gasteiger charge is -2.43. The predicted molar refractivity (Wildman–Crippen MR) is 198 cm³/mol. The average Bonchev–Trinajstić information content (AvgIpc) is 3.12. The lowest BCUT2D eigenvalue weighted by Crippen LogP contribution is -2.63. The zero-order chi connectivity index (χ0) is 43.9. The first kappa shape index (κ1) is 47.4. The van der Waals surface area contributed by atoms with Crippen LogP contribution in [0.4, 0.5) is 4.79 Å². The highest BCUT2D eigenvalue weighted by molar-refractivity contribution is 7.82. The number of nitrogens with one attached hydrogen (secondary N) is 2. The number of amides is 2. The summed E-state index contributed by atoms with van der Waals surface area (Å²) in [6, 6.07) is 8.20. The molecular weight excluding hydrogens is 808 g/mol. The molecule has 59 heavy (non-hydrogen) atoms. The van der Waals surface area contributed by atoms with Gasteiger partial charge in [-0.3, -0.25) is 28.8 Å². The lowest BCUT2D eigenvalue weighted by molar-refractivity contribution is -0.288. The number of rotatable bonds is 19. The second-order valence-electron chi connectivity index (χ2n) is 13.4. The number of aldehydes is 1. The van der Waals surface area contributed by atoms with Crippen LogP contribution in [-0.4, -0.2) is 120 Å². The van der Waals surface area contributed by atoms with E-state index in [0.29, 0.717) is 6.29 Å². The summed E-state index contributed by atoms with van der Waals surface area (Å²) in [5, 5.41) is 5.10. The van der Waals surface area contributed by atoms with Gasteiger partial charge in [0.15, 0.2) is 23.7 Å². The van der Waals surface area contributed by atoms with E-state index in [0.717, 1.165) is 39.8 Å². The fraction of sp³-hybridized carbons (Fsp3) is 0.486. The quantitative estimate of drug-likeness (QED) is 0.0884. The molecule has 324 valence electrons. The van der Waals surface area contributed by atoms with Crippen molar-refractivity contribution in [1.82, 2.24) is 10.6 Å². The van der Waals surface area contributed by atoms with Gasteiger partial charge in [-0.1, -0.05) is 0 Å². The minimum absolute atomic E-state index is 0.0142. The van der Waals surface area contributed by atoms with Crippen molar-refractivity contribution in [2.45, 2.75) is 84.8 Å². The molecule has 3 rings (SSSR count). The van der Waals surface area contributed by atoms with Gasteiger partial charge in [0.25, 0.3) is 5.91 Å². The Hall–Kier alpha value is -6.00. The second-order valence-corrected chi connectivity index (χ2v) is 14.6. The van der Waals surface area contributed by atoms with Crippen LogP contribution in [0, 0.1) is 0 Å². The molecule has 1 heterocycles. The van der Waals surface area contributed by atoms with E-state index in [1.54, 1.807) is 20.8 Å². The Morgan fingerprint density at radius 3 is 1.92 bits per heavy atom. The number of ether oxygens (including phenoxy) is 8. The molecule has 0 aliphatic carbocycles. The summed E-state index contributed by atoms with van der Waals surface area (Å²) in [6.07, 6.45) is -8.21. The molecule has 22 heteroatoms. The zero-order valence-corrected chi connectivity index (χ0v) is 34.0. The molecule has 2 amide bonds. The maximum Gasteiger partial charge on any atom is 0.501 e. The molecule has 21 nitrogen and oxygen atoms in total. The highest BCUT2D eigenvalue weighted by Gasteiger charge is 2.53. The third-order valence-corrected chi connectivity index (χ3v) is 8.03. The first-order valence-corrected chi connectivity index (χ1v) is 19.1. The molecule has 5 atom stereocenters. The summed E-state index contributed by atoms with van der Waals surface area (Å²) in [6.45, 7) is 8.92. The number of hydrogen-bond donors (Lipinski definition) is 2. The molecule has 2 aromatic carbocycles. The number of alkyl carbamates (subject to hydrolysis) is 1. The Labute approximate surface area is 339 Å². The van der Waals surface area contributed by atoms with Crippen molar-refractivity contribution >= 4 is 52.6 Å². The van der Waals surface area contributed by atoms with Crippen molar-refractivity contribution in [1.29, 1.82) is 0 Å². The van der Waals surface area contributed by atoms with Gasteiger partial charge in [-0.05, 0) is 63.2 Å². The maximum atomic E-state index is 13.2. The van der Waals surface area contributed by atoms with Gasteiger partial charge in [-0.15, -0.1) is 8.42 Å². The second kappa shape index (κ2) is 21.7. The summed E-state index contributed by atoms with van der Waals surface area (Å²) in [4.78, 5) is 84.5. The molecular formula is C37H46N2O19S. The summed E-state index contributed by atoms with van der Waals surface area (Å²) in [5.74, 6) is -5.61. The molecule has 0 saturated carbocycles. The Balaban J connectivity index is 1.93. The third-order valence-electron chi connectivity index (χ3n) is 7.25. The molecule has 0 bridgehead atoms. The van der Waals surface area contributed by atoms with Crippen molar-refractivity contribution < 1.29 is 88.2 Å². The van der Waals surface area contributed by atoms with Gasteiger partial charge in [-0.2, -0.15) is 0 Å². The first-order chi connectivity index (χ1) is 27.7. The molecule has 0 radical (unpaired) electrons. The van der Waals surface area contributed by atoms with E-state index >= 15 is 0 Å². The van der Waals surface area contributed by atoms with Crippen LogP contribution in [0.1, 0.15) is 69.2 Å². The van der Waals surface area contributed by atoms with E-state index in [2.05, 4.69) is 10.6 Å². The number of hydrogen-bond acceptors (Lipinski definition) is 19. The van der Waals surface area contributed by atoms with Crippen molar-refractivity contribution in [3.8, 4) is 17.2 Å².